The van der Waals surface area contributed by atoms with E-state index in [9.17, 15) is 8.78 Å². The first-order valence-corrected chi connectivity index (χ1v) is 7.19. The van der Waals surface area contributed by atoms with Crippen molar-refractivity contribution in [1.29, 1.82) is 0 Å². The molecule has 1 aromatic carbocycles. The number of rotatable bonds is 3. The number of hydrogen-bond acceptors (Lipinski definition) is 3. The van der Waals surface area contributed by atoms with Crippen LogP contribution in [0.4, 0.5) is 8.78 Å². The Labute approximate surface area is 111 Å². The fourth-order valence-corrected chi connectivity index (χ4v) is 3.64. The Bertz CT molecular complexity index is 414. The lowest BCUT2D eigenvalue weighted by Gasteiger charge is -2.38. The average molecular weight is 272 g/mol. The second-order valence-electron chi connectivity index (χ2n) is 4.56. The minimum atomic E-state index is -0.530. The van der Waals surface area contributed by atoms with Crippen molar-refractivity contribution >= 4 is 11.8 Å². The van der Waals surface area contributed by atoms with E-state index in [1.54, 1.807) is 6.07 Å². The molecule has 2 atom stereocenters. The van der Waals surface area contributed by atoms with Crippen LogP contribution < -0.4 is 5.32 Å². The number of likely N-dealkylation sites (N-methyl/N-ethyl adjacent to an activating group) is 2. The van der Waals surface area contributed by atoms with Crippen molar-refractivity contribution < 1.29 is 8.78 Å². The van der Waals surface area contributed by atoms with Crippen LogP contribution in [-0.2, 0) is 0 Å². The molecule has 1 aromatic rings. The van der Waals surface area contributed by atoms with Crippen LogP contribution in [0.5, 0.6) is 0 Å². The summed E-state index contributed by atoms with van der Waals surface area (Å²) in [5.41, 5.74) is 0.540. The molecule has 0 aromatic heterocycles. The van der Waals surface area contributed by atoms with Crippen LogP contribution in [0.1, 0.15) is 11.6 Å². The molecule has 2 nitrogen and oxygen atoms in total. The van der Waals surface area contributed by atoms with Crippen LogP contribution in [0.2, 0.25) is 0 Å². The van der Waals surface area contributed by atoms with E-state index in [4.69, 9.17) is 0 Å². The molecule has 2 rings (SSSR count). The summed E-state index contributed by atoms with van der Waals surface area (Å²) in [6, 6.07) is 3.94. The van der Waals surface area contributed by atoms with Crippen molar-refractivity contribution in [2.75, 3.05) is 32.1 Å². The second-order valence-corrected chi connectivity index (χ2v) is 5.70. The van der Waals surface area contributed by atoms with Crippen molar-refractivity contribution in [2.24, 2.45) is 0 Å². The van der Waals surface area contributed by atoms with Crippen LogP contribution in [-0.4, -0.2) is 43.1 Å². The lowest BCUT2D eigenvalue weighted by Crippen LogP contribution is -2.47. The molecule has 18 heavy (non-hydrogen) atoms. The quantitative estimate of drug-likeness (QED) is 0.909. The summed E-state index contributed by atoms with van der Waals surface area (Å²) in [4.78, 5) is 2.24. The first-order valence-electron chi connectivity index (χ1n) is 6.03. The Kier molecular flexibility index (Phi) is 4.59. The molecule has 1 fully saturated rings. The fourth-order valence-electron chi connectivity index (χ4n) is 2.37. The number of nitrogens with zero attached hydrogens (tertiary/aromatic N) is 1. The molecule has 2 unspecified atom stereocenters. The van der Waals surface area contributed by atoms with Crippen molar-refractivity contribution in [3.63, 3.8) is 0 Å². The molecule has 0 aliphatic carbocycles. The molecule has 1 aliphatic rings. The van der Waals surface area contributed by atoms with E-state index in [0.29, 0.717) is 5.56 Å². The van der Waals surface area contributed by atoms with Crippen molar-refractivity contribution in [1.82, 2.24) is 10.2 Å². The Morgan fingerprint density at radius 3 is 2.83 bits per heavy atom. The Morgan fingerprint density at radius 2 is 2.22 bits per heavy atom. The summed E-state index contributed by atoms with van der Waals surface area (Å²) in [5, 5.41) is 3.16. The summed E-state index contributed by atoms with van der Waals surface area (Å²) in [6.07, 6.45) is 0. The summed E-state index contributed by atoms with van der Waals surface area (Å²) in [5.74, 6) is 1.06. The van der Waals surface area contributed by atoms with E-state index < -0.39 is 11.6 Å². The van der Waals surface area contributed by atoms with Crippen molar-refractivity contribution in [3.8, 4) is 0 Å². The standard InChI is InChI=1S/C13H18F2N2S/c1-16-13(12-8-18-6-5-17(12)2)10-4-3-9(14)7-11(10)15/h3-4,7,12-13,16H,5-6,8H2,1-2H3. The molecule has 5 heteroatoms. The van der Waals surface area contributed by atoms with Crippen LogP contribution in [0.25, 0.3) is 0 Å². The topological polar surface area (TPSA) is 15.3 Å². The highest BCUT2D eigenvalue weighted by Gasteiger charge is 2.29. The van der Waals surface area contributed by atoms with Gasteiger partial charge < -0.3 is 5.32 Å². The normalized spacial score (nSPS) is 23.0. The number of nitrogens with one attached hydrogen (secondary N) is 1. The molecule has 1 saturated heterocycles. The van der Waals surface area contributed by atoms with E-state index >= 15 is 0 Å². The predicted octanol–water partition coefficient (Wildman–Crippen LogP) is 2.27. The van der Waals surface area contributed by atoms with Gasteiger partial charge in [0.05, 0.1) is 6.04 Å². The molecule has 0 amide bonds. The maximum absolute atomic E-state index is 13.9. The van der Waals surface area contributed by atoms with Gasteiger partial charge in [0.25, 0.3) is 0 Å². The van der Waals surface area contributed by atoms with Gasteiger partial charge in [-0.3, -0.25) is 4.90 Å². The van der Waals surface area contributed by atoms with Gasteiger partial charge in [-0.1, -0.05) is 6.07 Å². The third-order valence-corrected chi connectivity index (χ3v) is 4.48. The second kappa shape index (κ2) is 5.99. The van der Waals surface area contributed by atoms with Gasteiger partial charge in [0.15, 0.2) is 0 Å². The lowest BCUT2D eigenvalue weighted by molar-refractivity contribution is 0.218. The van der Waals surface area contributed by atoms with E-state index in [1.807, 2.05) is 18.8 Å². The van der Waals surface area contributed by atoms with Crippen molar-refractivity contribution in [3.05, 3.63) is 35.4 Å². The zero-order chi connectivity index (χ0) is 13.1. The Morgan fingerprint density at radius 1 is 1.44 bits per heavy atom. The molecular weight excluding hydrogens is 254 g/mol. The first-order chi connectivity index (χ1) is 8.63. The van der Waals surface area contributed by atoms with Gasteiger partial charge in [0.2, 0.25) is 0 Å². The minimum Gasteiger partial charge on any atom is -0.312 e. The highest BCUT2D eigenvalue weighted by Crippen LogP contribution is 2.28. The summed E-state index contributed by atoms with van der Waals surface area (Å²) >= 11 is 1.88. The van der Waals surface area contributed by atoms with E-state index in [0.717, 1.165) is 24.1 Å². The van der Waals surface area contributed by atoms with E-state index in [-0.39, 0.29) is 12.1 Å². The largest absolute Gasteiger partial charge is 0.312 e. The molecule has 1 N–H and O–H groups in total. The zero-order valence-corrected chi connectivity index (χ0v) is 11.4. The minimum absolute atomic E-state index is 0.108. The lowest BCUT2D eigenvalue weighted by atomic mass is 9.98. The van der Waals surface area contributed by atoms with Gasteiger partial charge in [-0.15, -0.1) is 0 Å². The summed E-state index contributed by atoms with van der Waals surface area (Å²) in [6.45, 7) is 0.996. The summed E-state index contributed by atoms with van der Waals surface area (Å²) < 4.78 is 26.8. The van der Waals surface area contributed by atoms with Crippen LogP contribution in [0.15, 0.2) is 18.2 Å². The average Bonchev–Trinajstić information content (AvgIpc) is 2.34. The third kappa shape index (κ3) is 2.84. The zero-order valence-electron chi connectivity index (χ0n) is 10.6. The fraction of sp³-hybridized carbons (Fsp3) is 0.538. The molecule has 0 spiro atoms. The van der Waals surface area contributed by atoms with Crippen LogP contribution in [0, 0.1) is 11.6 Å². The molecule has 100 valence electrons. The van der Waals surface area contributed by atoms with E-state index in [1.165, 1.54) is 6.07 Å². The maximum atomic E-state index is 13.9. The Hall–Kier alpha value is -0.650. The highest BCUT2D eigenvalue weighted by molar-refractivity contribution is 7.99. The summed E-state index contributed by atoms with van der Waals surface area (Å²) in [7, 11) is 3.87. The molecule has 0 saturated carbocycles. The number of thioether (sulfide) groups is 1. The number of halogens is 2. The third-order valence-electron chi connectivity index (χ3n) is 3.44. The van der Waals surface area contributed by atoms with Gasteiger partial charge in [-0.2, -0.15) is 11.8 Å². The van der Waals surface area contributed by atoms with Crippen molar-refractivity contribution in [2.45, 2.75) is 12.1 Å². The smallest absolute Gasteiger partial charge is 0.130 e. The van der Waals surface area contributed by atoms with Gasteiger partial charge in [0.1, 0.15) is 11.6 Å². The van der Waals surface area contributed by atoms with Crippen LogP contribution in [0.3, 0.4) is 0 Å². The first kappa shape index (κ1) is 13.8. The van der Waals surface area contributed by atoms with Crippen LogP contribution >= 0.6 is 11.8 Å². The molecule has 1 heterocycles. The highest BCUT2D eigenvalue weighted by atomic mass is 32.2. The SMILES string of the molecule is CNC(c1ccc(F)cc1F)C1CSCCN1C. The number of hydrogen-bond donors (Lipinski definition) is 1. The maximum Gasteiger partial charge on any atom is 0.130 e. The molecule has 0 bridgehead atoms. The van der Waals surface area contributed by atoms with Gasteiger partial charge in [-0.05, 0) is 20.2 Å². The molecular formula is C13H18F2N2S. The van der Waals surface area contributed by atoms with E-state index in [2.05, 4.69) is 17.3 Å². The predicted molar refractivity (Wildman–Crippen MR) is 71.9 cm³/mol. The van der Waals surface area contributed by atoms with Gasteiger partial charge >= 0.3 is 0 Å². The Balaban J connectivity index is 2.26. The molecule has 0 radical (unpaired) electrons. The number of benzene rings is 1. The molecule has 1 aliphatic heterocycles. The van der Waals surface area contributed by atoms with Gasteiger partial charge in [-0.25, -0.2) is 8.78 Å². The monoisotopic (exact) mass is 272 g/mol. The van der Waals surface area contributed by atoms with Gasteiger partial charge in [0, 0.05) is 35.7 Å².